The van der Waals surface area contributed by atoms with Crippen LogP contribution in [0.15, 0.2) is 12.3 Å². The van der Waals surface area contributed by atoms with Crippen molar-refractivity contribution in [1.82, 2.24) is 14.9 Å². The fourth-order valence-corrected chi connectivity index (χ4v) is 2.37. The van der Waals surface area contributed by atoms with Crippen LogP contribution in [0.1, 0.15) is 18.5 Å². The predicted molar refractivity (Wildman–Crippen MR) is 68.6 cm³/mol. The van der Waals surface area contributed by atoms with Crippen LogP contribution in [0.2, 0.25) is 0 Å². The van der Waals surface area contributed by atoms with Crippen molar-refractivity contribution < 1.29 is 18.0 Å². The minimum atomic E-state index is -4.47. The summed E-state index contributed by atoms with van der Waals surface area (Å²) in [4.78, 5) is 22.9. The van der Waals surface area contributed by atoms with E-state index in [1.807, 2.05) is 0 Å². The van der Waals surface area contributed by atoms with Crippen molar-refractivity contribution in [3.05, 3.63) is 18.0 Å². The second-order valence-corrected chi connectivity index (χ2v) is 5.33. The Hall–Kier alpha value is -1.86. The lowest BCUT2D eigenvalue weighted by Gasteiger charge is -2.35. The van der Waals surface area contributed by atoms with E-state index in [0.717, 1.165) is 25.1 Å². The Balaban J connectivity index is 1.65. The number of hydrogen-bond acceptors (Lipinski definition) is 4. The fourth-order valence-electron chi connectivity index (χ4n) is 2.37. The van der Waals surface area contributed by atoms with Gasteiger partial charge in [-0.3, -0.25) is 4.79 Å². The highest BCUT2D eigenvalue weighted by Gasteiger charge is 2.36. The first-order valence-corrected chi connectivity index (χ1v) is 6.89. The second kappa shape index (κ2) is 5.16. The molecule has 3 rings (SSSR count). The molecule has 1 saturated heterocycles. The molecule has 0 radical (unpaired) electrons. The number of alkyl halides is 3. The van der Waals surface area contributed by atoms with Gasteiger partial charge in [-0.05, 0) is 18.9 Å². The molecule has 0 aromatic carbocycles. The molecule has 1 aromatic rings. The van der Waals surface area contributed by atoms with Crippen molar-refractivity contribution in [1.29, 1.82) is 0 Å². The van der Waals surface area contributed by atoms with E-state index in [-0.39, 0.29) is 17.8 Å². The highest BCUT2D eigenvalue weighted by molar-refractivity contribution is 5.81. The quantitative estimate of drug-likeness (QED) is 0.831. The molecular formula is C13H15F3N4O. The van der Waals surface area contributed by atoms with Gasteiger partial charge in [-0.2, -0.15) is 13.2 Å². The van der Waals surface area contributed by atoms with Crippen molar-refractivity contribution in [2.45, 2.75) is 19.0 Å². The number of carbonyl (C=O) groups is 1. The third kappa shape index (κ3) is 3.08. The van der Waals surface area contributed by atoms with Gasteiger partial charge >= 0.3 is 6.18 Å². The number of hydrogen-bond donors (Lipinski definition) is 0. The average molecular weight is 300 g/mol. The van der Waals surface area contributed by atoms with Crippen LogP contribution in [0, 0.1) is 5.92 Å². The van der Waals surface area contributed by atoms with Crippen molar-refractivity contribution in [3.8, 4) is 0 Å². The van der Waals surface area contributed by atoms with Gasteiger partial charge in [-0.15, -0.1) is 0 Å². The van der Waals surface area contributed by atoms with Crippen LogP contribution < -0.4 is 4.90 Å². The monoisotopic (exact) mass is 300 g/mol. The Kier molecular flexibility index (Phi) is 3.46. The topological polar surface area (TPSA) is 49.3 Å². The maximum Gasteiger partial charge on any atom is 0.433 e. The number of carbonyl (C=O) groups excluding carboxylic acids is 1. The van der Waals surface area contributed by atoms with Crippen molar-refractivity contribution >= 4 is 11.9 Å². The van der Waals surface area contributed by atoms with Crippen molar-refractivity contribution in [2.75, 3.05) is 31.1 Å². The Labute approximate surface area is 119 Å². The highest BCUT2D eigenvalue weighted by atomic mass is 19.4. The largest absolute Gasteiger partial charge is 0.433 e. The minimum absolute atomic E-state index is 0.0725. The van der Waals surface area contributed by atoms with Crippen LogP contribution in [0.3, 0.4) is 0 Å². The lowest BCUT2D eigenvalue weighted by Crippen LogP contribution is -2.49. The van der Waals surface area contributed by atoms with Crippen molar-refractivity contribution in [2.24, 2.45) is 5.92 Å². The number of piperazine rings is 1. The van der Waals surface area contributed by atoms with Crippen molar-refractivity contribution in [3.63, 3.8) is 0 Å². The summed E-state index contributed by atoms with van der Waals surface area (Å²) < 4.78 is 37.9. The molecule has 1 amide bonds. The minimum Gasteiger partial charge on any atom is -0.339 e. The van der Waals surface area contributed by atoms with Crippen LogP contribution in [-0.2, 0) is 11.0 Å². The smallest absolute Gasteiger partial charge is 0.339 e. The van der Waals surface area contributed by atoms with Crippen LogP contribution >= 0.6 is 0 Å². The summed E-state index contributed by atoms with van der Waals surface area (Å²) >= 11 is 0. The molecule has 0 N–H and O–H groups in total. The van der Waals surface area contributed by atoms with Gasteiger partial charge in [-0.1, -0.05) is 0 Å². The molecular weight excluding hydrogens is 285 g/mol. The predicted octanol–water partition coefficient (Wildman–Crippen LogP) is 1.55. The first-order chi connectivity index (χ1) is 9.95. The summed E-state index contributed by atoms with van der Waals surface area (Å²) in [5.74, 6) is 0.407. The molecule has 0 bridgehead atoms. The Morgan fingerprint density at radius 3 is 2.43 bits per heavy atom. The zero-order valence-electron chi connectivity index (χ0n) is 11.3. The summed E-state index contributed by atoms with van der Waals surface area (Å²) in [6.07, 6.45) is -1.44. The summed E-state index contributed by atoms with van der Waals surface area (Å²) in [5, 5.41) is 0. The third-order valence-corrected chi connectivity index (χ3v) is 3.73. The molecule has 1 aliphatic heterocycles. The van der Waals surface area contributed by atoms with E-state index >= 15 is 0 Å². The lowest BCUT2D eigenvalue weighted by molar-refractivity contribution is -0.141. The standard InChI is InChI=1S/C13H15F3N4O/c14-13(15,16)10-3-4-17-12(18-10)20-7-5-19(6-8-20)11(21)9-1-2-9/h3-4,9H,1-2,5-8H2. The van der Waals surface area contributed by atoms with Gasteiger partial charge in [0.2, 0.25) is 11.9 Å². The Morgan fingerprint density at radius 1 is 1.19 bits per heavy atom. The van der Waals surface area contributed by atoms with Gasteiger partial charge in [-0.25, -0.2) is 9.97 Å². The average Bonchev–Trinajstić information content (AvgIpc) is 3.31. The molecule has 1 aliphatic carbocycles. The fraction of sp³-hybridized carbons (Fsp3) is 0.615. The number of halogens is 3. The summed E-state index contributed by atoms with van der Waals surface area (Å²) in [6, 6.07) is 0.858. The summed E-state index contributed by atoms with van der Waals surface area (Å²) in [6.45, 7) is 1.93. The van der Waals surface area contributed by atoms with Gasteiger partial charge in [0.1, 0.15) is 5.69 Å². The molecule has 2 aliphatic rings. The van der Waals surface area contributed by atoms with E-state index < -0.39 is 11.9 Å². The SMILES string of the molecule is O=C(C1CC1)N1CCN(c2nccc(C(F)(F)F)n2)CC1. The Bertz CT molecular complexity index is 536. The van der Waals surface area contributed by atoms with Gasteiger partial charge in [0.25, 0.3) is 0 Å². The second-order valence-electron chi connectivity index (χ2n) is 5.33. The van der Waals surface area contributed by atoms with E-state index in [2.05, 4.69) is 9.97 Å². The highest BCUT2D eigenvalue weighted by Crippen LogP contribution is 2.31. The molecule has 1 aromatic heterocycles. The first-order valence-electron chi connectivity index (χ1n) is 6.89. The lowest BCUT2D eigenvalue weighted by atomic mass is 10.2. The van der Waals surface area contributed by atoms with Crippen LogP contribution in [0.25, 0.3) is 0 Å². The van der Waals surface area contributed by atoms with E-state index in [1.54, 1.807) is 9.80 Å². The van der Waals surface area contributed by atoms with Gasteiger partial charge in [0.15, 0.2) is 0 Å². The zero-order valence-corrected chi connectivity index (χ0v) is 11.3. The summed E-state index contributed by atoms with van der Waals surface area (Å²) in [7, 11) is 0. The molecule has 5 nitrogen and oxygen atoms in total. The molecule has 1 saturated carbocycles. The number of rotatable bonds is 2. The molecule has 0 atom stereocenters. The van der Waals surface area contributed by atoms with Crippen LogP contribution in [0.4, 0.5) is 19.1 Å². The van der Waals surface area contributed by atoms with E-state index in [4.69, 9.17) is 0 Å². The Morgan fingerprint density at radius 2 is 1.86 bits per heavy atom. The number of aromatic nitrogens is 2. The molecule has 2 fully saturated rings. The molecule has 21 heavy (non-hydrogen) atoms. The first kappa shape index (κ1) is 14.1. The van der Waals surface area contributed by atoms with Gasteiger partial charge in [0, 0.05) is 38.3 Å². The number of amides is 1. The maximum atomic E-state index is 12.6. The normalized spacial score (nSPS) is 19.8. The molecule has 8 heteroatoms. The third-order valence-electron chi connectivity index (χ3n) is 3.73. The van der Waals surface area contributed by atoms with E-state index in [0.29, 0.717) is 26.2 Å². The molecule has 0 unspecified atom stereocenters. The zero-order chi connectivity index (χ0) is 15.0. The van der Waals surface area contributed by atoms with Crippen LogP contribution in [-0.4, -0.2) is 47.0 Å². The van der Waals surface area contributed by atoms with E-state index in [1.165, 1.54) is 0 Å². The number of anilines is 1. The van der Waals surface area contributed by atoms with Gasteiger partial charge in [0.05, 0.1) is 0 Å². The number of nitrogens with zero attached hydrogens (tertiary/aromatic N) is 4. The molecule has 0 spiro atoms. The summed E-state index contributed by atoms with van der Waals surface area (Å²) in [5.41, 5.74) is -0.941. The maximum absolute atomic E-state index is 12.6. The molecule has 2 heterocycles. The molecule has 114 valence electrons. The van der Waals surface area contributed by atoms with Gasteiger partial charge < -0.3 is 9.80 Å². The van der Waals surface area contributed by atoms with Crippen LogP contribution in [0.5, 0.6) is 0 Å². The van der Waals surface area contributed by atoms with E-state index in [9.17, 15) is 18.0 Å².